The third-order valence-electron chi connectivity index (χ3n) is 3.00. The highest BCUT2D eigenvalue weighted by Gasteiger charge is 2.22. The van der Waals surface area contributed by atoms with E-state index in [0.717, 1.165) is 12.3 Å². The largest absolute Gasteiger partial charge is 0.477 e. The molecule has 0 atom stereocenters. The van der Waals surface area contributed by atoms with Crippen LogP contribution in [0.25, 0.3) is 0 Å². The molecule has 1 fully saturated rings. The number of amidine groups is 1. The van der Waals surface area contributed by atoms with Crippen LogP contribution in [0, 0.1) is 12.8 Å². The number of nitrogens with two attached hydrogens (primary N) is 1. The summed E-state index contributed by atoms with van der Waals surface area (Å²) in [5.41, 5.74) is 6.89. The van der Waals surface area contributed by atoms with Crippen LogP contribution in [0.4, 0.5) is 0 Å². The lowest BCUT2D eigenvalue weighted by molar-refractivity contribution is 0.276. The fourth-order valence-electron chi connectivity index (χ4n) is 1.88. The molecule has 17 heavy (non-hydrogen) atoms. The summed E-state index contributed by atoms with van der Waals surface area (Å²) in [6.45, 7) is 2.45. The molecule has 1 aliphatic rings. The van der Waals surface area contributed by atoms with Crippen molar-refractivity contribution in [2.45, 2.75) is 26.2 Å². The van der Waals surface area contributed by atoms with Crippen molar-refractivity contribution >= 4 is 5.84 Å². The van der Waals surface area contributed by atoms with Crippen molar-refractivity contribution in [3.05, 3.63) is 11.3 Å². The second kappa shape index (κ2) is 4.65. The Morgan fingerprint density at radius 1 is 1.65 bits per heavy atom. The summed E-state index contributed by atoms with van der Waals surface area (Å²) in [6, 6.07) is 0. The molecule has 0 saturated heterocycles. The molecule has 0 spiro atoms. The first kappa shape index (κ1) is 11.8. The lowest BCUT2D eigenvalue weighted by Gasteiger charge is -2.07. The van der Waals surface area contributed by atoms with E-state index in [1.165, 1.54) is 12.8 Å². The lowest BCUT2D eigenvalue weighted by Crippen LogP contribution is -2.16. The number of oxime groups is 1. The van der Waals surface area contributed by atoms with Crippen molar-refractivity contribution in [2.75, 3.05) is 6.61 Å². The van der Waals surface area contributed by atoms with E-state index in [2.05, 4.69) is 10.3 Å². The zero-order valence-electron chi connectivity index (χ0n) is 10.2. The number of rotatable bonds is 5. The van der Waals surface area contributed by atoms with Gasteiger partial charge in [0.2, 0.25) is 5.88 Å². The average molecular weight is 238 g/mol. The van der Waals surface area contributed by atoms with Gasteiger partial charge in [-0.05, 0) is 19.3 Å². The smallest absolute Gasteiger partial charge is 0.223 e. The van der Waals surface area contributed by atoms with Gasteiger partial charge >= 0.3 is 0 Å². The average Bonchev–Trinajstić information content (AvgIpc) is 3.06. The summed E-state index contributed by atoms with van der Waals surface area (Å²) in [5.74, 6) is 1.42. The van der Waals surface area contributed by atoms with Crippen LogP contribution in [0.3, 0.4) is 0 Å². The molecule has 3 N–H and O–H groups in total. The molecule has 1 saturated carbocycles. The summed E-state index contributed by atoms with van der Waals surface area (Å²) in [5, 5.41) is 16.0. The lowest BCUT2D eigenvalue weighted by atomic mass is 10.2. The molecule has 0 radical (unpaired) electrons. The number of nitrogens with zero attached hydrogens (tertiary/aromatic N) is 3. The van der Waals surface area contributed by atoms with Crippen LogP contribution in [-0.4, -0.2) is 27.4 Å². The standard InChI is InChI=1S/C11H18N4O2/c1-7-9(10(12)14-16)11(15(2)13-7)17-6-5-8-3-4-8/h8,16H,3-6H2,1-2H3,(H2,12,14). The summed E-state index contributed by atoms with van der Waals surface area (Å²) in [4.78, 5) is 0. The molecule has 2 rings (SSSR count). The van der Waals surface area contributed by atoms with Gasteiger partial charge in [-0.15, -0.1) is 0 Å². The molecule has 0 aromatic carbocycles. The van der Waals surface area contributed by atoms with Crippen LogP contribution in [0.15, 0.2) is 5.16 Å². The van der Waals surface area contributed by atoms with Crippen molar-refractivity contribution in [1.29, 1.82) is 0 Å². The van der Waals surface area contributed by atoms with E-state index in [-0.39, 0.29) is 5.84 Å². The maximum atomic E-state index is 8.74. The normalized spacial score (nSPS) is 16.2. The zero-order valence-corrected chi connectivity index (χ0v) is 10.2. The molecule has 0 bridgehead atoms. The predicted molar refractivity (Wildman–Crippen MR) is 63.3 cm³/mol. The summed E-state index contributed by atoms with van der Waals surface area (Å²) < 4.78 is 7.31. The molecular weight excluding hydrogens is 220 g/mol. The van der Waals surface area contributed by atoms with Crippen LogP contribution in [0.1, 0.15) is 30.5 Å². The Morgan fingerprint density at radius 3 is 2.94 bits per heavy atom. The van der Waals surface area contributed by atoms with Crippen molar-refractivity contribution in [1.82, 2.24) is 9.78 Å². The van der Waals surface area contributed by atoms with Gasteiger partial charge in [-0.25, -0.2) is 4.68 Å². The fourth-order valence-corrected chi connectivity index (χ4v) is 1.88. The zero-order chi connectivity index (χ0) is 12.4. The third-order valence-corrected chi connectivity index (χ3v) is 3.00. The number of ether oxygens (including phenoxy) is 1. The number of aromatic nitrogens is 2. The summed E-state index contributed by atoms with van der Waals surface area (Å²) in [7, 11) is 1.79. The topological polar surface area (TPSA) is 85.7 Å². The van der Waals surface area contributed by atoms with Gasteiger partial charge < -0.3 is 15.7 Å². The molecule has 6 nitrogen and oxygen atoms in total. The first-order chi connectivity index (χ1) is 8.13. The van der Waals surface area contributed by atoms with Crippen molar-refractivity contribution < 1.29 is 9.94 Å². The van der Waals surface area contributed by atoms with Gasteiger partial charge in [0.05, 0.1) is 12.3 Å². The quantitative estimate of drug-likeness (QED) is 0.347. The minimum absolute atomic E-state index is 0.0389. The van der Waals surface area contributed by atoms with E-state index < -0.39 is 0 Å². The monoisotopic (exact) mass is 238 g/mol. The highest BCUT2D eigenvalue weighted by molar-refractivity contribution is 6.00. The van der Waals surface area contributed by atoms with Crippen molar-refractivity contribution in [2.24, 2.45) is 23.9 Å². The van der Waals surface area contributed by atoms with Crippen LogP contribution in [0.5, 0.6) is 5.88 Å². The summed E-state index contributed by atoms with van der Waals surface area (Å²) >= 11 is 0. The Morgan fingerprint density at radius 2 is 2.35 bits per heavy atom. The van der Waals surface area contributed by atoms with Crippen LogP contribution in [-0.2, 0) is 7.05 Å². The van der Waals surface area contributed by atoms with Gasteiger partial charge in [-0.2, -0.15) is 5.10 Å². The molecule has 0 aliphatic heterocycles. The second-order valence-electron chi connectivity index (χ2n) is 4.45. The van der Waals surface area contributed by atoms with Crippen LogP contribution >= 0.6 is 0 Å². The Hall–Kier alpha value is -1.72. The van der Waals surface area contributed by atoms with E-state index in [4.69, 9.17) is 15.7 Å². The van der Waals surface area contributed by atoms with E-state index >= 15 is 0 Å². The fraction of sp³-hybridized carbons (Fsp3) is 0.636. The first-order valence-corrected chi connectivity index (χ1v) is 5.77. The highest BCUT2D eigenvalue weighted by Crippen LogP contribution is 2.32. The molecule has 0 unspecified atom stereocenters. The Bertz CT molecular complexity index is 435. The van der Waals surface area contributed by atoms with Crippen LogP contribution in [0.2, 0.25) is 0 Å². The Balaban J connectivity index is 2.12. The Labute approximate surface area is 100 Å². The molecule has 1 aromatic heterocycles. The van der Waals surface area contributed by atoms with Gasteiger partial charge in [0.25, 0.3) is 0 Å². The summed E-state index contributed by atoms with van der Waals surface area (Å²) in [6.07, 6.45) is 3.67. The highest BCUT2D eigenvalue weighted by atomic mass is 16.5. The third kappa shape index (κ3) is 2.51. The van der Waals surface area contributed by atoms with E-state index in [1.54, 1.807) is 18.7 Å². The first-order valence-electron chi connectivity index (χ1n) is 5.77. The molecule has 1 aliphatic carbocycles. The second-order valence-corrected chi connectivity index (χ2v) is 4.45. The predicted octanol–water partition coefficient (Wildman–Crippen LogP) is 1.00. The van der Waals surface area contributed by atoms with Gasteiger partial charge in [0.1, 0.15) is 5.56 Å². The van der Waals surface area contributed by atoms with Crippen molar-refractivity contribution in [3.8, 4) is 5.88 Å². The number of hydrogen-bond acceptors (Lipinski definition) is 4. The molecule has 1 aromatic rings. The van der Waals surface area contributed by atoms with Crippen LogP contribution < -0.4 is 10.5 Å². The van der Waals surface area contributed by atoms with Gasteiger partial charge in [-0.3, -0.25) is 0 Å². The Kier molecular flexibility index (Phi) is 3.21. The number of aryl methyl sites for hydroxylation is 2. The minimum atomic E-state index is 0.0389. The van der Waals surface area contributed by atoms with E-state index in [9.17, 15) is 0 Å². The van der Waals surface area contributed by atoms with Crippen molar-refractivity contribution in [3.63, 3.8) is 0 Å². The molecule has 6 heteroatoms. The van der Waals surface area contributed by atoms with E-state index in [1.807, 2.05) is 0 Å². The molecule has 0 amide bonds. The van der Waals surface area contributed by atoms with Gasteiger partial charge in [0.15, 0.2) is 5.84 Å². The van der Waals surface area contributed by atoms with E-state index in [0.29, 0.717) is 23.7 Å². The molecular formula is C11H18N4O2. The number of hydrogen-bond donors (Lipinski definition) is 2. The molecule has 94 valence electrons. The van der Waals surface area contributed by atoms with Gasteiger partial charge in [0, 0.05) is 7.05 Å². The maximum absolute atomic E-state index is 8.74. The minimum Gasteiger partial charge on any atom is -0.477 e. The SMILES string of the molecule is Cc1nn(C)c(OCCC2CC2)c1C(N)=NO. The van der Waals surface area contributed by atoms with Gasteiger partial charge in [-0.1, -0.05) is 18.0 Å². The molecule has 1 heterocycles. The maximum Gasteiger partial charge on any atom is 0.223 e.